The van der Waals surface area contributed by atoms with Crippen molar-refractivity contribution in [1.82, 2.24) is 4.98 Å². The summed E-state index contributed by atoms with van der Waals surface area (Å²) >= 11 is 0. The van der Waals surface area contributed by atoms with E-state index < -0.39 is 0 Å². The molecule has 2 heterocycles. The van der Waals surface area contributed by atoms with Crippen LogP contribution in [0.5, 0.6) is 0 Å². The molecule has 12 heavy (non-hydrogen) atoms. The Balaban J connectivity index is 2.44. The number of aromatic nitrogens is 1. The number of pyridine rings is 1. The van der Waals surface area contributed by atoms with Crippen LogP contribution in [-0.2, 0) is 6.42 Å². The van der Waals surface area contributed by atoms with E-state index in [0.717, 1.165) is 25.2 Å². The fourth-order valence-corrected chi connectivity index (χ4v) is 1.50. The van der Waals surface area contributed by atoms with Gasteiger partial charge in [-0.1, -0.05) is 6.92 Å². The second-order valence-corrected chi connectivity index (χ2v) is 2.89. The van der Waals surface area contributed by atoms with Crippen LogP contribution in [0.4, 0.5) is 11.4 Å². The minimum absolute atomic E-state index is 0.984. The van der Waals surface area contributed by atoms with E-state index in [-0.39, 0.29) is 0 Å². The molecule has 0 radical (unpaired) electrons. The van der Waals surface area contributed by atoms with Crippen molar-refractivity contribution in [2.45, 2.75) is 13.3 Å². The molecule has 0 aliphatic carbocycles. The summed E-state index contributed by atoms with van der Waals surface area (Å²) in [5.74, 6) is 0. The van der Waals surface area contributed by atoms with Gasteiger partial charge in [0.15, 0.2) is 0 Å². The van der Waals surface area contributed by atoms with Crippen molar-refractivity contribution in [3.63, 3.8) is 0 Å². The van der Waals surface area contributed by atoms with Gasteiger partial charge in [-0.2, -0.15) is 0 Å². The van der Waals surface area contributed by atoms with Gasteiger partial charge in [-0.15, -0.1) is 0 Å². The zero-order valence-corrected chi connectivity index (χ0v) is 7.22. The number of aryl methyl sites for hydroxylation is 1. The Morgan fingerprint density at radius 2 is 2.25 bits per heavy atom. The van der Waals surface area contributed by atoms with Crippen molar-refractivity contribution >= 4 is 11.4 Å². The molecule has 1 aromatic heterocycles. The molecule has 1 aromatic rings. The summed E-state index contributed by atoms with van der Waals surface area (Å²) in [6.45, 7) is 4.12. The monoisotopic (exact) mass is 163 g/mol. The molecular formula is C9H13N3. The quantitative estimate of drug-likeness (QED) is 0.658. The Morgan fingerprint density at radius 3 is 3.08 bits per heavy atom. The molecule has 0 bridgehead atoms. The molecule has 0 aromatic carbocycles. The Morgan fingerprint density at radius 1 is 1.42 bits per heavy atom. The maximum atomic E-state index is 4.31. The predicted molar refractivity (Wildman–Crippen MR) is 50.6 cm³/mol. The molecule has 0 spiro atoms. The lowest BCUT2D eigenvalue weighted by atomic mass is 10.2. The molecule has 1 aliphatic rings. The number of fused-ring (bicyclic) bond motifs is 1. The molecule has 0 unspecified atom stereocenters. The van der Waals surface area contributed by atoms with Crippen LogP contribution in [0.25, 0.3) is 0 Å². The van der Waals surface area contributed by atoms with Crippen molar-refractivity contribution < 1.29 is 0 Å². The Hall–Kier alpha value is -1.25. The number of hydrogen-bond donors (Lipinski definition) is 2. The minimum Gasteiger partial charge on any atom is -0.382 e. The number of anilines is 2. The first-order valence-corrected chi connectivity index (χ1v) is 4.37. The van der Waals surface area contributed by atoms with Gasteiger partial charge in [-0.05, 0) is 12.5 Å². The summed E-state index contributed by atoms with van der Waals surface area (Å²) in [4.78, 5) is 4.31. The van der Waals surface area contributed by atoms with Gasteiger partial charge in [0.1, 0.15) is 0 Å². The normalized spacial score (nSPS) is 14.4. The van der Waals surface area contributed by atoms with Crippen LogP contribution in [0.3, 0.4) is 0 Å². The molecule has 2 N–H and O–H groups in total. The highest BCUT2D eigenvalue weighted by Gasteiger charge is 2.10. The van der Waals surface area contributed by atoms with Crippen molar-refractivity contribution in [3.05, 3.63) is 18.0 Å². The number of rotatable bonds is 1. The summed E-state index contributed by atoms with van der Waals surface area (Å²) in [7, 11) is 0. The first-order chi connectivity index (χ1) is 5.92. The molecule has 0 saturated carbocycles. The van der Waals surface area contributed by atoms with E-state index in [0.29, 0.717) is 0 Å². The van der Waals surface area contributed by atoms with E-state index >= 15 is 0 Å². The molecule has 1 aliphatic heterocycles. The van der Waals surface area contributed by atoms with Crippen LogP contribution in [0.2, 0.25) is 0 Å². The van der Waals surface area contributed by atoms with Crippen molar-refractivity contribution in [3.8, 4) is 0 Å². The molecule has 3 nitrogen and oxygen atoms in total. The molecular weight excluding hydrogens is 150 g/mol. The smallest absolute Gasteiger partial charge is 0.0795 e. The highest BCUT2D eigenvalue weighted by atomic mass is 15.0. The third kappa shape index (κ3) is 1.11. The average molecular weight is 163 g/mol. The second-order valence-electron chi connectivity index (χ2n) is 2.89. The van der Waals surface area contributed by atoms with Crippen molar-refractivity contribution in [1.29, 1.82) is 0 Å². The summed E-state index contributed by atoms with van der Waals surface area (Å²) in [6, 6.07) is 2.01. The van der Waals surface area contributed by atoms with Crippen LogP contribution in [0.1, 0.15) is 12.6 Å². The zero-order valence-electron chi connectivity index (χ0n) is 7.22. The van der Waals surface area contributed by atoms with Crippen LogP contribution in [0.15, 0.2) is 12.3 Å². The minimum atomic E-state index is 0.984. The van der Waals surface area contributed by atoms with E-state index in [4.69, 9.17) is 0 Å². The lowest BCUT2D eigenvalue weighted by Gasteiger charge is -2.21. The third-order valence-electron chi connectivity index (χ3n) is 2.11. The van der Waals surface area contributed by atoms with Crippen LogP contribution < -0.4 is 10.6 Å². The Kier molecular flexibility index (Phi) is 1.86. The fourth-order valence-electron chi connectivity index (χ4n) is 1.50. The lowest BCUT2D eigenvalue weighted by Crippen LogP contribution is -2.21. The molecule has 2 rings (SSSR count). The highest BCUT2D eigenvalue weighted by molar-refractivity contribution is 5.72. The van der Waals surface area contributed by atoms with Gasteiger partial charge in [0.2, 0.25) is 0 Å². The average Bonchev–Trinajstić information content (AvgIpc) is 2.17. The summed E-state index contributed by atoms with van der Waals surface area (Å²) < 4.78 is 0. The summed E-state index contributed by atoms with van der Waals surface area (Å²) in [6.07, 6.45) is 2.84. The second kappa shape index (κ2) is 3.01. The van der Waals surface area contributed by atoms with Crippen LogP contribution >= 0.6 is 0 Å². The standard InChI is InChI=1S/C9H13N3/c1-2-7-9-8(3-4-10-7)11-5-6-12-9/h3-4,11-12H,2,5-6H2,1H3. The molecule has 0 amide bonds. The molecule has 0 saturated heterocycles. The molecule has 0 atom stereocenters. The SMILES string of the molecule is CCc1nccc2c1NCCN2. The van der Waals surface area contributed by atoms with Gasteiger partial charge in [-0.3, -0.25) is 4.98 Å². The number of nitrogens with zero attached hydrogens (tertiary/aromatic N) is 1. The van der Waals surface area contributed by atoms with E-state index in [9.17, 15) is 0 Å². The van der Waals surface area contributed by atoms with Gasteiger partial charge >= 0.3 is 0 Å². The summed E-state index contributed by atoms with van der Waals surface area (Å²) in [5.41, 5.74) is 3.53. The van der Waals surface area contributed by atoms with E-state index in [1.54, 1.807) is 0 Å². The maximum absolute atomic E-state index is 4.31. The van der Waals surface area contributed by atoms with Gasteiger partial charge in [-0.25, -0.2) is 0 Å². The first kappa shape index (κ1) is 7.40. The van der Waals surface area contributed by atoms with Crippen LogP contribution in [0, 0.1) is 0 Å². The molecule has 64 valence electrons. The topological polar surface area (TPSA) is 37.0 Å². The predicted octanol–water partition coefficient (Wildman–Crippen LogP) is 1.48. The lowest BCUT2D eigenvalue weighted by molar-refractivity contribution is 0.981. The Bertz CT molecular complexity index is 269. The largest absolute Gasteiger partial charge is 0.382 e. The van der Waals surface area contributed by atoms with Gasteiger partial charge in [0.05, 0.1) is 17.1 Å². The Labute approximate surface area is 72.2 Å². The highest BCUT2D eigenvalue weighted by Crippen LogP contribution is 2.26. The van der Waals surface area contributed by atoms with E-state index in [2.05, 4.69) is 22.5 Å². The maximum Gasteiger partial charge on any atom is 0.0795 e. The number of nitrogens with one attached hydrogen (secondary N) is 2. The molecule has 0 fully saturated rings. The van der Waals surface area contributed by atoms with Gasteiger partial charge in [0, 0.05) is 19.3 Å². The van der Waals surface area contributed by atoms with Crippen LogP contribution in [-0.4, -0.2) is 18.1 Å². The fraction of sp³-hybridized carbons (Fsp3) is 0.444. The zero-order chi connectivity index (χ0) is 8.39. The van der Waals surface area contributed by atoms with E-state index in [1.807, 2.05) is 12.3 Å². The van der Waals surface area contributed by atoms with Crippen molar-refractivity contribution in [2.24, 2.45) is 0 Å². The third-order valence-corrected chi connectivity index (χ3v) is 2.11. The first-order valence-electron chi connectivity index (χ1n) is 4.37. The van der Waals surface area contributed by atoms with Gasteiger partial charge < -0.3 is 10.6 Å². The van der Waals surface area contributed by atoms with Gasteiger partial charge in [0.25, 0.3) is 0 Å². The summed E-state index contributed by atoms with van der Waals surface area (Å²) in [5, 5.41) is 6.69. The number of hydrogen-bond acceptors (Lipinski definition) is 3. The molecule has 3 heteroatoms. The van der Waals surface area contributed by atoms with Crippen molar-refractivity contribution in [2.75, 3.05) is 23.7 Å². The van der Waals surface area contributed by atoms with E-state index in [1.165, 1.54) is 11.4 Å².